The zero-order valence-corrected chi connectivity index (χ0v) is 24.0. The molecule has 3 aliphatic rings. The molecule has 2 aromatic carbocycles. The average molecular weight is 576 g/mol. The fourth-order valence-electron chi connectivity index (χ4n) is 7.47. The molecule has 3 heterocycles. The zero-order chi connectivity index (χ0) is 29.3. The van der Waals surface area contributed by atoms with Gasteiger partial charge in [0.25, 0.3) is 6.43 Å². The number of alkyl halides is 2. The van der Waals surface area contributed by atoms with Crippen molar-refractivity contribution in [3.8, 4) is 5.75 Å². The SMILES string of the molecule is CC(=O)CN1CCC2(CCCN(c3cc(F)c(C4c5ccc(O)cc5C[C@@H](C)N4CC(F)F)c(F)c3)CCC2)CC1. The topological polar surface area (TPSA) is 47.0 Å². The first kappa shape index (κ1) is 29.8. The van der Waals surface area contributed by atoms with E-state index in [1.54, 1.807) is 26.0 Å². The van der Waals surface area contributed by atoms with Crippen LogP contribution in [0.3, 0.4) is 0 Å². The summed E-state index contributed by atoms with van der Waals surface area (Å²) in [6, 6.07) is 5.89. The molecule has 41 heavy (non-hydrogen) atoms. The zero-order valence-electron chi connectivity index (χ0n) is 24.0. The first-order valence-corrected chi connectivity index (χ1v) is 14.9. The Balaban J connectivity index is 1.35. The Labute approximate surface area is 240 Å². The maximum atomic E-state index is 15.9. The van der Waals surface area contributed by atoms with Crippen LogP contribution >= 0.6 is 0 Å². The van der Waals surface area contributed by atoms with Crippen molar-refractivity contribution in [3.63, 3.8) is 0 Å². The van der Waals surface area contributed by atoms with Gasteiger partial charge in [0.2, 0.25) is 0 Å². The summed E-state index contributed by atoms with van der Waals surface area (Å²) in [6.45, 7) is 6.57. The third kappa shape index (κ3) is 6.56. The number of anilines is 1. The van der Waals surface area contributed by atoms with E-state index >= 15 is 8.78 Å². The van der Waals surface area contributed by atoms with Crippen molar-refractivity contribution in [1.82, 2.24) is 9.80 Å². The van der Waals surface area contributed by atoms with Crippen molar-refractivity contribution in [2.45, 2.75) is 77.3 Å². The second kappa shape index (κ2) is 12.3. The van der Waals surface area contributed by atoms with E-state index in [0.717, 1.165) is 51.6 Å². The Kier molecular flexibility index (Phi) is 8.95. The molecule has 2 fully saturated rings. The van der Waals surface area contributed by atoms with Crippen LogP contribution in [0.15, 0.2) is 30.3 Å². The highest BCUT2D eigenvalue weighted by Gasteiger charge is 2.39. The second-order valence-corrected chi connectivity index (χ2v) is 12.4. The molecule has 5 rings (SSSR count). The molecular formula is C32H41F4N3O2. The van der Waals surface area contributed by atoms with Crippen LogP contribution in [0.2, 0.25) is 0 Å². The van der Waals surface area contributed by atoms with Gasteiger partial charge in [-0.05, 0) is 113 Å². The minimum Gasteiger partial charge on any atom is -0.508 e. The molecule has 0 aliphatic carbocycles. The Morgan fingerprint density at radius 2 is 1.63 bits per heavy atom. The van der Waals surface area contributed by atoms with E-state index in [0.29, 0.717) is 42.9 Å². The van der Waals surface area contributed by atoms with Crippen LogP contribution < -0.4 is 4.90 Å². The molecule has 3 aliphatic heterocycles. The van der Waals surface area contributed by atoms with Gasteiger partial charge in [-0.25, -0.2) is 17.6 Å². The Morgan fingerprint density at radius 1 is 1.00 bits per heavy atom. The Morgan fingerprint density at radius 3 is 2.22 bits per heavy atom. The molecular weight excluding hydrogens is 534 g/mol. The number of phenolic OH excluding ortho intramolecular Hbond substituents is 1. The van der Waals surface area contributed by atoms with Crippen LogP contribution in [0.5, 0.6) is 5.75 Å². The van der Waals surface area contributed by atoms with Crippen molar-refractivity contribution in [2.75, 3.05) is 44.2 Å². The number of likely N-dealkylation sites (tertiary alicyclic amines) is 1. The summed E-state index contributed by atoms with van der Waals surface area (Å²) in [7, 11) is 0. The Bertz CT molecular complexity index is 1210. The molecule has 0 aromatic heterocycles. The minimum atomic E-state index is -2.66. The number of Topliss-reactive ketones (excluding diaryl/α,β-unsaturated/α-hetero) is 1. The fraction of sp³-hybridized carbons (Fsp3) is 0.594. The lowest BCUT2D eigenvalue weighted by Gasteiger charge is -2.44. The predicted molar refractivity (Wildman–Crippen MR) is 152 cm³/mol. The third-order valence-electron chi connectivity index (χ3n) is 9.52. The number of carbonyl (C=O) groups excluding carboxylic acids is 1. The van der Waals surface area contributed by atoms with Gasteiger partial charge in [-0.1, -0.05) is 6.07 Å². The average Bonchev–Trinajstić information content (AvgIpc) is 2.88. The van der Waals surface area contributed by atoms with Gasteiger partial charge >= 0.3 is 0 Å². The van der Waals surface area contributed by atoms with E-state index in [1.165, 1.54) is 23.1 Å². The van der Waals surface area contributed by atoms with Gasteiger partial charge in [0.05, 0.1) is 19.1 Å². The summed E-state index contributed by atoms with van der Waals surface area (Å²) in [5.74, 6) is -1.25. The van der Waals surface area contributed by atoms with E-state index in [1.807, 2.05) is 4.90 Å². The van der Waals surface area contributed by atoms with Gasteiger partial charge in [0, 0.05) is 30.4 Å². The molecule has 2 aromatic rings. The molecule has 0 amide bonds. The highest BCUT2D eigenvalue weighted by atomic mass is 19.3. The van der Waals surface area contributed by atoms with Crippen molar-refractivity contribution in [3.05, 3.63) is 58.7 Å². The number of piperidine rings is 1. The summed E-state index contributed by atoms with van der Waals surface area (Å²) < 4.78 is 59.0. The van der Waals surface area contributed by atoms with Crippen LogP contribution in [0.1, 0.15) is 75.1 Å². The van der Waals surface area contributed by atoms with Gasteiger partial charge in [-0.3, -0.25) is 14.6 Å². The van der Waals surface area contributed by atoms with E-state index in [2.05, 4.69) is 4.90 Å². The van der Waals surface area contributed by atoms with Crippen molar-refractivity contribution >= 4 is 11.5 Å². The van der Waals surface area contributed by atoms with Gasteiger partial charge in [-0.15, -0.1) is 0 Å². The van der Waals surface area contributed by atoms with Gasteiger partial charge in [0.15, 0.2) is 0 Å². The second-order valence-electron chi connectivity index (χ2n) is 12.4. The first-order chi connectivity index (χ1) is 19.5. The summed E-state index contributed by atoms with van der Waals surface area (Å²) in [5, 5.41) is 10.00. The number of hydrogen-bond acceptors (Lipinski definition) is 5. The van der Waals surface area contributed by atoms with Gasteiger partial charge in [0.1, 0.15) is 23.2 Å². The highest BCUT2D eigenvalue weighted by molar-refractivity contribution is 5.77. The smallest absolute Gasteiger partial charge is 0.251 e. The number of carbonyl (C=O) groups is 1. The molecule has 0 bridgehead atoms. The number of fused-ring (bicyclic) bond motifs is 1. The van der Waals surface area contributed by atoms with E-state index in [9.17, 15) is 18.7 Å². The monoisotopic (exact) mass is 575 g/mol. The molecule has 1 unspecified atom stereocenters. The lowest BCUT2D eigenvalue weighted by molar-refractivity contribution is -0.118. The number of halogens is 4. The minimum absolute atomic E-state index is 0.0359. The number of nitrogens with zero attached hydrogens (tertiary/aromatic N) is 3. The van der Waals surface area contributed by atoms with Crippen molar-refractivity contribution in [2.24, 2.45) is 5.41 Å². The standard InChI is InChI=1S/C32H41F4N3O2/c1-21-15-23-16-25(41)5-6-26(23)31(39(21)20-29(35)36)30-27(33)17-24(18-28(30)34)38-11-3-7-32(8-4-12-38)9-13-37(14-10-32)19-22(2)40/h5-6,16-18,21,29,31,41H,3-4,7-15,19-20H2,1-2H3/t21-,31?/m1/s1. The molecule has 1 spiro atoms. The maximum absolute atomic E-state index is 15.9. The van der Waals surface area contributed by atoms with Crippen LogP contribution in [-0.2, 0) is 11.2 Å². The molecule has 2 saturated heterocycles. The van der Waals surface area contributed by atoms with Crippen molar-refractivity contribution < 1.29 is 27.5 Å². The molecule has 1 N–H and O–H groups in total. The van der Waals surface area contributed by atoms with Crippen LogP contribution in [0, 0.1) is 17.0 Å². The number of rotatable bonds is 6. The highest BCUT2D eigenvalue weighted by Crippen LogP contribution is 2.44. The molecule has 2 atom stereocenters. The third-order valence-corrected chi connectivity index (χ3v) is 9.52. The molecule has 0 radical (unpaired) electrons. The lowest BCUT2D eigenvalue weighted by atomic mass is 9.71. The van der Waals surface area contributed by atoms with E-state index < -0.39 is 36.7 Å². The largest absolute Gasteiger partial charge is 0.508 e. The number of benzene rings is 2. The quantitative estimate of drug-likeness (QED) is 0.409. The molecule has 5 nitrogen and oxygen atoms in total. The van der Waals surface area contributed by atoms with Crippen LogP contribution in [0.4, 0.5) is 23.2 Å². The van der Waals surface area contributed by atoms with Gasteiger partial charge < -0.3 is 10.0 Å². The summed E-state index contributed by atoms with van der Waals surface area (Å²) in [4.78, 5) is 17.3. The number of phenols is 1. The van der Waals surface area contributed by atoms with Crippen LogP contribution in [-0.4, -0.2) is 72.4 Å². The fourth-order valence-corrected chi connectivity index (χ4v) is 7.47. The predicted octanol–water partition coefficient (Wildman–Crippen LogP) is 6.32. The molecule has 9 heteroatoms. The summed E-state index contributed by atoms with van der Waals surface area (Å²) >= 11 is 0. The van der Waals surface area contributed by atoms with E-state index in [4.69, 9.17) is 0 Å². The van der Waals surface area contributed by atoms with E-state index in [-0.39, 0.29) is 22.5 Å². The molecule has 0 saturated carbocycles. The van der Waals surface area contributed by atoms with Crippen LogP contribution in [0.25, 0.3) is 0 Å². The lowest BCUT2D eigenvalue weighted by Crippen LogP contribution is -2.45. The first-order valence-electron chi connectivity index (χ1n) is 14.9. The summed E-state index contributed by atoms with van der Waals surface area (Å²) in [6.07, 6.45) is 3.82. The molecule has 224 valence electrons. The number of ketones is 1. The van der Waals surface area contributed by atoms with Gasteiger partial charge in [-0.2, -0.15) is 0 Å². The Hall–Kier alpha value is -2.65. The maximum Gasteiger partial charge on any atom is 0.251 e. The number of hydrogen-bond donors (Lipinski definition) is 1. The summed E-state index contributed by atoms with van der Waals surface area (Å²) in [5.41, 5.74) is 1.77. The number of aromatic hydroxyl groups is 1. The van der Waals surface area contributed by atoms with Crippen molar-refractivity contribution in [1.29, 1.82) is 0 Å². The normalized spacial score (nSPS) is 23.8.